The first-order valence-corrected chi connectivity index (χ1v) is 6.31. The van der Waals surface area contributed by atoms with Gasteiger partial charge in [0.2, 0.25) is 0 Å². The molecule has 2 rings (SSSR count). The van der Waals surface area contributed by atoms with Crippen LogP contribution in [0.3, 0.4) is 0 Å². The van der Waals surface area contributed by atoms with Crippen molar-refractivity contribution in [2.45, 2.75) is 44.9 Å². The minimum Gasteiger partial charge on any atom is -0.317 e. The van der Waals surface area contributed by atoms with Gasteiger partial charge in [-0.25, -0.2) is 9.97 Å². The van der Waals surface area contributed by atoms with Crippen LogP contribution in [0.4, 0.5) is 0 Å². The summed E-state index contributed by atoms with van der Waals surface area (Å²) in [5.41, 5.74) is 1.17. The van der Waals surface area contributed by atoms with Crippen LogP contribution in [0.2, 0.25) is 0 Å². The first-order chi connectivity index (χ1) is 7.77. The van der Waals surface area contributed by atoms with Gasteiger partial charge in [0, 0.05) is 17.8 Å². The minimum atomic E-state index is 0.491. The molecule has 88 valence electrons. The van der Waals surface area contributed by atoms with E-state index in [0.29, 0.717) is 11.8 Å². The highest BCUT2D eigenvalue weighted by Gasteiger charge is 2.17. The fraction of sp³-hybridized carbons (Fsp3) is 0.692. The van der Waals surface area contributed by atoms with Gasteiger partial charge in [-0.1, -0.05) is 13.8 Å². The van der Waals surface area contributed by atoms with Crippen LogP contribution in [0.25, 0.3) is 0 Å². The molecule has 1 N–H and O–H groups in total. The van der Waals surface area contributed by atoms with E-state index < -0.39 is 0 Å². The Morgan fingerprint density at radius 2 is 2.19 bits per heavy atom. The summed E-state index contributed by atoms with van der Waals surface area (Å²) in [6, 6.07) is 2.03. The van der Waals surface area contributed by atoms with Crippen LogP contribution in [-0.2, 0) is 0 Å². The van der Waals surface area contributed by atoms with Crippen LogP contribution in [0.1, 0.15) is 56.5 Å². The van der Waals surface area contributed by atoms with Crippen molar-refractivity contribution < 1.29 is 0 Å². The lowest BCUT2D eigenvalue weighted by molar-refractivity contribution is 0.569. The second-order valence-corrected chi connectivity index (χ2v) is 4.87. The van der Waals surface area contributed by atoms with E-state index in [1.54, 1.807) is 0 Å². The number of nitrogens with one attached hydrogen (secondary N) is 1. The maximum absolute atomic E-state index is 4.70. The molecule has 2 heterocycles. The number of nitrogens with zero attached hydrogens (tertiary/aromatic N) is 2. The predicted octanol–water partition coefficient (Wildman–Crippen LogP) is 2.46. The van der Waals surface area contributed by atoms with Gasteiger partial charge in [-0.3, -0.25) is 0 Å². The molecule has 0 saturated carbocycles. The lowest BCUT2D eigenvalue weighted by atomic mass is 9.99. The summed E-state index contributed by atoms with van der Waals surface area (Å²) in [5.74, 6) is 2.09. The molecule has 1 aromatic heterocycles. The monoisotopic (exact) mass is 219 g/mol. The summed E-state index contributed by atoms with van der Waals surface area (Å²) in [6.45, 7) is 6.60. The predicted molar refractivity (Wildman–Crippen MR) is 65.6 cm³/mol. The Balaban J connectivity index is 2.15. The van der Waals surface area contributed by atoms with Crippen molar-refractivity contribution in [2.75, 3.05) is 13.1 Å². The highest BCUT2D eigenvalue weighted by Crippen LogP contribution is 2.24. The molecular weight excluding hydrogens is 198 g/mol. The molecule has 1 aromatic rings. The van der Waals surface area contributed by atoms with E-state index >= 15 is 0 Å². The number of aromatic nitrogens is 2. The summed E-state index contributed by atoms with van der Waals surface area (Å²) >= 11 is 0. The number of hydrogen-bond acceptors (Lipinski definition) is 3. The Kier molecular flexibility index (Phi) is 3.88. The molecule has 16 heavy (non-hydrogen) atoms. The quantitative estimate of drug-likeness (QED) is 0.830. The van der Waals surface area contributed by atoms with Crippen LogP contribution >= 0.6 is 0 Å². The molecule has 0 amide bonds. The van der Waals surface area contributed by atoms with Gasteiger partial charge < -0.3 is 5.32 Å². The fourth-order valence-corrected chi connectivity index (χ4v) is 2.18. The van der Waals surface area contributed by atoms with Crippen molar-refractivity contribution in [2.24, 2.45) is 0 Å². The zero-order valence-electron chi connectivity index (χ0n) is 10.2. The molecule has 1 aliphatic heterocycles. The van der Waals surface area contributed by atoms with Gasteiger partial charge in [0.1, 0.15) is 5.82 Å². The molecule has 1 fully saturated rings. The lowest BCUT2D eigenvalue weighted by Crippen LogP contribution is -2.14. The Morgan fingerprint density at radius 1 is 1.31 bits per heavy atom. The summed E-state index contributed by atoms with van der Waals surface area (Å²) < 4.78 is 0. The molecule has 0 spiro atoms. The van der Waals surface area contributed by atoms with E-state index in [-0.39, 0.29) is 0 Å². The third-order valence-corrected chi connectivity index (χ3v) is 3.23. The highest BCUT2D eigenvalue weighted by atomic mass is 14.9. The highest BCUT2D eigenvalue weighted by molar-refractivity contribution is 5.09. The fourth-order valence-electron chi connectivity index (χ4n) is 2.18. The Hall–Kier alpha value is -0.960. The molecule has 0 aromatic carbocycles. The van der Waals surface area contributed by atoms with Crippen molar-refractivity contribution in [3.8, 4) is 0 Å². The lowest BCUT2D eigenvalue weighted by Gasteiger charge is -2.13. The molecule has 1 unspecified atom stereocenters. The van der Waals surface area contributed by atoms with Gasteiger partial charge in [-0.2, -0.15) is 0 Å². The number of hydrogen-bond donors (Lipinski definition) is 1. The topological polar surface area (TPSA) is 37.8 Å². The molecule has 1 saturated heterocycles. The Labute approximate surface area is 97.7 Å². The van der Waals surface area contributed by atoms with Crippen LogP contribution < -0.4 is 5.32 Å². The maximum Gasteiger partial charge on any atom is 0.131 e. The zero-order chi connectivity index (χ0) is 11.4. The van der Waals surface area contributed by atoms with Crippen LogP contribution in [0.5, 0.6) is 0 Å². The second kappa shape index (κ2) is 5.39. The van der Waals surface area contributed by atoms with E-state index in [9.17, 15) is 0 Å². The summed E-state index contributed by atoms with van der Waals surface area (Å²) in [7, 11) is 0. The standard InChI is InChI=1S/C13H21N3/c1-10(2)12-6-9-15-13(16-12)11-4-3-7-14-8-5-11/h6,9-11,14H,3-5,7-8H2,1-2H3. The van der Waals surface area contributed by atoms with E-state index in [0.717, 1.165) is 18.9 Å². The smallest absolute Gasteiger partial charge is 0.131 e. The third-order valence-electron chi connectivity index (χ3n) is 3.23. The van der Waals surface area contributed by atoms with Crippen molar-refractivity contribution in [1.29, 1.82) is 0 Å². The van der Waals surface area contributed by atoms with Crippen LogP contribution in [0, 0.1) is 0 Å². The van der Waals surface area contributed by atoms with Gasteiger partial charge in [-0.05, 0) is 44.3 Å². The summed E-state index contributed by atoms with van der Waals surface area (Å²) in [6.07, 6.45) is 5.53. The first kappa shape index (κ1) is 11.5. The molecule has 3 heteroatoms. The first-order valence-electron chi connectivity index (χ1n) is 6.31. The zero-order valence-corrected chi connectivity index (χ0v) is 10.2. The molecule has 0 aliphatic carbocycles. The second-order valence-electron chi connectivity index (χ2n) is 4.87. The maximum atomic E-state index is 4.70. The minimum absolute atomic E-state index is 0.491. The van der Waals surface area contributed by atoms with E-state index in [4.69, 9.17) is 4.98 Å². The van der Waals surface area contributed by atoms with Gasteiger partial charge in [0.15, 0.2) is 0 Å². The molecular formula is C13H21N3. The van der Waals surface area contributed by atoms with Gasteiger partial charge in [0.05, 0.1) is 0 Å². The van der Waals surface area contributed by atoms with Crippen LogP contribution in [-0.4, -0.2) is 23.1 Å². The normalized spacial score (nSPS) is 22.1. The Morgan fingerprint density at radius 3 is 3.00 bits per heavy atom. The molecule has 3 nitrogen and oxygen atoms in total. The van der Waals surface area contributed by atoms with Gasteiger partial charge in [-0.15, -0.1) is 0 Å². The largest absolute Gasteiger partial charge is 0.317 e. The molecule has 0 bridgehead atoms. The van der Waals surface area contributed by atoms with Gasteiger partial charge in [0.25, 0.3) is 0 Å². The van der Waals surface area contributed by atoms with Crippen LogP contribution in [0.15, 0.2) is 12.3 Å². The average Bonchev–Trinajstić information content (AvgIpc) is 2.57. The van der Waals surface area contributed by atoms with Crippen molar-refractivity contribution in [3.63, 3.8) is 0 Å². The molecule has 0 radical (unpaired) electrons. The van der Waals surface area contributed by atoms with Crippen molar-refractivity contribution in [3.05, 3.63) is 23.8 Å². The molecule has 1 aliphatic rings. The van der Waals surface area contributed by atoms with E-state index in [1.165, 1.54) is 25.0 Å². The molecule has 1 atom stereocenters. The average molecular weight is 219 g/mol. The van der Waals surface area contributed by atoms with Crippen molar-refractivity contribution >= 4 is 0 Å². The van der Waals surface area contributed by atoms with E-state index in [1.807, 2.05) is 12.3 Å². The summed E-state index contributed by atoms with van der Waals surface area (Å²) in [5, 5.41) is 3.43. The third kappa shape index (κ3) is 2.79. The van der Waals surface area contributed by atoms with E-state index in [2.05, 4.69) is 24.1 Å². The van der Waals surface area contributed by atoms with Crippen molar-refractivity contribution in [1.82, 2.24) is 15.3 Å². The van der Waals surface area contributed by atoms with Gasteiger partial charge >= 0.3 is 0 Å². The Bertz CT molecular complexity index is 328. The SMILES string of the molecule is CC(C)c1ccnc(C2CCCNCC2)n1. The summed E-state index contributed by atoms with van der Waals surface area (Å²) in [4.78, 5) is 9.15. The number of rotatable bonds is 2.